The SMILES string of the molecule is COc1ccc(C2C(C(=O)NNC(=O)c3ccccc3)CCC(=O)N2c2ccc(OC)cc2)cc1. The van der Waals surface area contributed by atoms with Crippen molar-refractivity contribution in [2.45, 2.75) is 18.9 Å². The van der Waals surface area contributed by atoms with E-state index in [1.165, 1.54) is 0 Å². The van der Waals surface area contributed by atoms with Gasteiger partial charge in [-0.3, -0.25) is 25.2 Å². The highest BCUT2D eigenvalue weighted by Crippen LogP contribution is 2.40. The number of nitrogens with one attached hydrogen (secondary N) is 2. The maximum Gasteiger partial charge on any atom is 0.269 e. The number of hydrogen-bond donors (Lipinski definition) is 2. The molecule has 3 amide bonds. The normalized spacial score (nSPS) is 17.4. The monoisotopic (exact) mass is 473 g/mol. The fraction of sp³-hybridized carbons (Fsp3) is 0.222. The predicted molar refractivity (Wildman–Crippen MR) is 131 cm³/mol. The second-order valence-electron chi connectivity index (χ2n) is 8.13. The predicted octanol–water partition coefficient (Wildman–Crippen LogP) is 3.65. The molecule has 2 atom stereocenters. The summed E-state index contributed by atoms with van der Waals surface area (Å²) in [5.41, 5.74) is 6.91. The third-order valence-electron chi connectivity index (χ3n) is 6.08. The number of carbonyl (C=O) groups is 3. The van der Waals surface area contributed by atoms with E-state index in [1.807, 2.05) is 18.2 Å². The molecule has 2 N–H and O–H groups in total. The van der Waals surface area contributed by atoms with Crippen LogP contribution in [-0.4, -0.2) is 31.9 Å². The maximum atomic E-state index is 13.3. The first-order valence-electron chi connectivity index (χ1n) is 11.3. The van der Waals surface area contributed by atoms with Crippen LogP contribution >= 0.6 is 0 Å². The van der Waals surface area contributed by atoms with E-state index in [9.17, 15) is 14.4 Å². The smallest absolute Gasteiger partial charge is 0.269 e. The Kier molecular flexibility index (Phi) is 7.30. The van der Waals surface area contributed by atoms with Crippen LogP contribution in [0.15, 0.2) is 78.9 Å². The zero-order valence-electron chi connectivity index (χ0n) is 19.6. The van der Waals surface area contributed by atoms with Gasteiger partial charge in [0.15, 0.2) is 0 Å². The van der Waals surface area contributed by atoms with Gasteiger partial charge in [-0.25, -0.2) is 0 Å². The second kappa shape index (κ2) is 10.7. The molecule has 0 bridgehead atoms. The van der Waals surface area contributed by atoms with Crippen LogP contribution in [0.4, 0.5) is 5.69 Å². The second-order valence-corrected chi connectivity index (χ2v) is 8.13. The van der Waals surface area contributed by atoms with Crippen molar-refractivity contribution in [2.75, 3.05) is 19.1 Å². The third kappa shape index (κ3) is 5.27. The van der Waals surface area contributed by atoms with Gasteiger partial charge in [-0.05, 0) is 60.5 Å². The van der Waals surface area contributed by atoms with Crippen LogP contribution in [0.25, 0.3) is 0 Å². The van der Waals surface area contributed by atoms with E-state index < -0.39 is 17.9 Å². The highest BCUT2D eigenvalue weighted by atomic mass is 16.5. The molecule has 0 radical (unpaired) electrons. The van der Waals surface area contributed by atoms with Gasteiger partial charge in [0.05, 0.1) is 26.2 Å². The van der Waals surface area contributed by atoms with Gasteiger partial charge in [-0.15, -0.1) is 0 Å². The summed E-state index contributed by atoms with van der Waals surface area (Å²) >= 11 is 0. The van der Waals surface area contributed by atoms with Crippen LogP contribution in [0.2, 0.25) is 0 Å². The molecular formula is C27H27N3O5. The van der Waals surface area contributed by atoms with E-state index in [0.717, 1.165) is 5.56 Å². The number of nitrogens with zero attached hydrogens (tertiary/aromatic N) is 1. The first-order chi connectivity index (χ1) is 17.0. The maximum absolute atomic E-state index is 13.3. The van der Waals surface area contributed by atoms with Crippen LogP contribution in [0.3, 0.4) is 0 Å². The summed E-state index contributed by atoms with van der Waals surface area (Å²) in [4.78, 5) is 40.5. The topological polar surface area (TPSA) is 97.0 Å². The van der Waals surface area contributed by atoms with E-state index in [2.05, 4.69) is 10.9 Å². The number of amides is 3. The Morgan fingerprint density at radius 1 is 0.829 bits per heavy atom. The first-order valence-corrected chi connectivity index (χ1v) is 11.3. The van der Waals surface area contributed by atoms with Gasteiger partial charge in [0.1, 0.15) is 11.5 Å². The largest absolute Gasteiger partial charge is 0.497 e. The lowest BCUT2D eigenvalue weighted by Crippen LogP contribution is -2.51. The Hall–Kier alpha value is -4.33. The standard InChI is InChI=1S/C27H27N3O5/c1-34-21-12-8-18(9-13-21)25-23(27(33)29-28-26(32)19-6-4-3-5-7-19)16-17-24(31)30(25)20-10-14-22(35-2)15-11-20/h3-15,23,25H,16-17H2,1-2H3,(H,28,32)(H,29,33). The highest BCUT2D eigenvalue weighted by molar-refractivity contribution is 5.98. The molecule has 35 heavy (non-hydrogen) atoms. The lowest BCUT2D eigenvalue weighted by molar-refractivity contribution is -0.130. The molecule has 0 saturated carbocycles. The molecule has 0 spiro atoms. The number of benzene rings is 3. The molecule has 0 aliphatic carbocycles. The van der Waals surface area contributed by atoms with Gasteiger partial charge < -0.3 is 14.4 Å². The van der Waals surface area contributed by atoms with Gasteiger partial charge >= 0.3 is 0 Å². The van der Waals surface area contributed by atoms with E-state index in [1.54, 1.807) is 79.8 Å². The number of hydrazine groups is 1. The Morgan fingerprint density at radius 2 is 1.43 bits per heavy atom. The number of rotatable bonds is 6. The Bertz CT molecular complexity index is 1180. The van der Waals surface area contributed by atoms with Crippen molar-refractivity contribution >= 4 is 23.4 Å². The molecule has 3 aromatic rings. The minimum Gasteiger partial charge on any atom is -0.497 e. The van der Waals surface area contributed by atoms with Crippen LogP contribution in [-0.2, 0) is 9.59 Å². The summed E-state index contributed by atoms with van der Waals surface area (Å²) in [6.07, 6.45) is 0.540. The Balaban J connectivity index is 1.63. The molecule has 180 valence electrons. The molecule has 1 aliphatic heterocycles. The van der Waals surface area contributed by atoms with Crippen molar-refractivity contribution in [3.05, 3.63) is 90.0 Å². The average molecular weight is 474 g/mol. The fourth-order valence-electron chi connectivity index (χ4n) is 4.27. The van der Waals surface area contributed by atoms with Crippen molar-refractivity contribution in [2.24, 2.45) is 5.92 Å². The number of methoxy groups -OCH3 is 2. The number of ether oxygens (including phenoxy) is 2. The van der Waals surface area contributed by atoms with Gasteiger partial charge in [0.25, 0.3) is 5.91 Å². The average Bonchev–Trinajstić information content (AvgIpc) is 2.92. The van der Waals surface area contributed by atoms with Crippen LogP contribution in [0.1, 0.15) is 34.8 Å². The molecule has 0 aromatic heterocycles. The van der Waals surface area contributed by atoms with Crippen molar-refractivity contribution in [1.82, 2.24) is 10.9 Å². The van der Waals surface area contributed by atoms with Gasteiger partial charge in [-0.2, -0.15) is 0 Å². The van der Waals surface area contributed by atoms with E-state index in [0.29, 0.717) is 29.2 Å². The minimum atomic E-state index is -0.598. The molecule has 4 rings (SSSR count). The number of piperidine rings is 1. The van der Waals surface area contributed by atoms with Crippen LogP contribution in [0.5, 0.6) is 11.5 Å². The van der Waals surface area contributed by atoms with E-state index in [4.69, 9.17) is 9.47 Å². The van der Waals surface area contributed by atoms with Gasteiger partial charge in [-0.1, -0.05) is 30.3 Å². The summed E-state index contributed by atoms with van der Waals surface area (Å²) in [7, 11) is 3.15. The Labute approximate surface area is 203 Å². The zero-order valence-corrected chi connectivity index (χ0v) is 19.6. The number of carbonyl (C=O) groups excluding carboxylic acids is 3. The highest BCUT2D eigenvalue weighted by Gasteiger charge is 2.41. The molecule has 1 heterocycles. The van der Waals surface area contributed by atoms with Gasteiger partial charge in [0.2, 0.25) is 11.8 Å². The first kappa shape index (κ1) is 23.8. The van der Waals surface area contributed by atoms with Crippen molar-refractivity contribution in [1.29, 1.82) is 0 Å². The molecule has 2 unspecified atom stereocenters. The van der Waals surface area contributed by atoms with Crippen LogP contribution < -0.4 is 25.2 Å². The van der Waals surface area contributed by atoms with Crippen molar-refractivity contribution in [3.63, 3.8) is 0 Å². The lowest BCUT2D eigenvalue weighted by Gasteiger charge is -2.40. The molecular weight excluding hydrogens is 446 g/mol. The molecule has 8 nitrogen and oxygen atoms in total. The number of anilines is 1. The molecule has 1 fully saturated rings. The quantitative estimate of drug-likeness (QED) is 0.533. The lowest BCUT2D eigenvalue weighted by atomic mass is 9.83. The molecule has 1 aliphatic rings. The molecule has 8 heteroatoms. The summed E-state index contributed by atoms with van der Waals surface area (Å²) in [6.45, 7) is 0. The summed E-state index contributed by atoms with van der Waals surface area (Å²) < 4.78 is 10.5. The third-order valence-corrected chi connectivity index (χ3v) is 6.08. The van der Waals surface area contributed by atoms with Crippen LogP contribution in [0, 0.1) is 5.92 Å². The van der Waals surface area contributed by atoms with E-state index >= 15 is 0 Å². The van der Waals surface area contributed by atoms with Crippen molar-refractivity contribution < 1.29 is 23.9 Å². The fourth-order valence-corrected chi connectivity index (χ4v) is 4.27. The Morgan fingerprint density at radius 3 is 2.03 bits per heavy atom. The summed E-state index contributed by atoms with van der Waals surface area (Å²) in [5.74, 6) is -0.146. The summed E-state index contributed by atoms with van der Waals surface area (Å²) in [5, 5.41) is 0. The molecule has 3 aromatic carbocycles. The molecule has 1 saturated heterocycles. The van der Waals surface area contributed by atoms with Crippen molar-refractivity contribution in [3.8, 4) is 11.5 Å². The number of hydrogen-bond acceptors (Lipinski definition) is 5. The minimum absolute atomic E-state index is 0.0895. The van der Waals surface area contributed by atoms with E-state index in [-0.39, 0.29) is 18.2 Å². The summed E-state index contributed by atoms with van der Waals surface area (Å²) in [6, 6.07) is 22.5. The van der Waals surface area contributed by atoms with Gasteiger partial charge in [0, 0.05) is 17.7 Å². The zero-order chi connectivity index (χ0) is 24.8.